The zero-order valence-electron chi connectivity index (χ0n) is 19.4. The van der Waals surface area contributed by atoms with Gasteiger partial charge >= 0.3 is 6.18 Å². The lowest BCUT2D eigenvalue weighted by Crippen LogP contribution is -2.45. The van der Waals surface area contributed by atoms with E-state index in [9.17, 15) is 26.4 Å². The molecule has 36 heavy (non-hydrogen) atoms. The van der Waals surface area contributed by atoms with Crippen LogP contribution in [0.5, 0.6) is 5.75 Å². The highest BCUT2D eigenvalue weighted by atomic mass is 32.2. The number of halogens is 3. The van der Waals surface area contributed by atoms with Crippen LogP contribution in [0.25, 0.3) is 0 Å². The highest BCUT2D eigenvalue weighted by molar-refractivity contribution is 7.89. The van der Waals surface area contributed by atoms with Gasteiger partial charge in [0.2, 0.25) is 15.9 Å². The third-order valence-electron chi connectivity index (χ3n) is 5.96. The van der Waals surface area contributed by atoms with Crippen LogP contribution < -0.4 is 10.1 Å². The molecule has 1 fully saturated rings. The number of rotatable bonds is 8. The standard InChI is InChI=1S/C25H25F3N2O4S2/c1-17-23(11-13-35-17)36(32,33)30-12-3-6-22(30)24(31)29-15-19-4-2-5-21(14-19)34-16-18-7-9-20(10-8-18)25(26,27)28/h2,4-5,7-11,13-14,22H,3,6,12,15-16H2,1H3,(H,29,31)/t22-/m0/s1. The molecule has 4 rings (SSSR count). The molecule has 1 saturated heterocycles. The molecule has 1 atom stereocenters. The molecule has 1 aliphatic heterocycles. The molecule has 0 unspecified atom stereocenters. The third kappa shape index (κ3) is 5.91. The normalized spacial score (nSPS) is 16.7. The Bertz CT molecular complexity index is 1320. The van der Waals surface area contributed by atoms with Crippen LogP contribution in [0.3, 0.4) is 0 Å². The fraction of sp³-hybridized carbons (Fsp3) is 0.320. The van der Waals surface area contributed by atoms with Gasteiger partial charge in [-0.05, 0) is 66.6 Å². The summed E-state index contributed by atoms with van der Waals surface area (Å²) in [7, 11) is -3.75. The van der Waals surface area contributed by atoms with E-state index in [1.165, 1.54) is 27.8 Å². The van der Waals surface area contributed by atoms with Gasteiger partial charge in [0.05, 0.1) is 10.5 Å². The Labute approximate surface area is 211 Å². The van der Waals surface area contributed by atoms with E-state index in [0.717, 1.165) is 17.7 Å². The van der Waals surface area contributed by atoms with E-state index in [0.29, 0.717) is 35.6 Å². The summed E-state index contributed by atoms with van der Waals surface area (Å²) < 4.78 is 71.3. The van der Waals surface area contributed by atoms with Crippen molar-refractivity contribution in [2.45, 2.75) is 50.0 Å². The number of aryl methyl sites for hydroxylation is 1. The number of hydrogen-bond acceptors (Lipinski definition) is 5. The van der Waals surface area contributed by atoms with Gasteiger partial charge in [-0.3, -0.25) is 4.79 Å². The van der Waals surface area contributed by atoms with Gasteiger partial charge in [0, 0.05) is 18.0 Å². The van der Waals surface area contributed by atoms with Crippen LogP contribution >= 0.6 is 11.3 Å². The summed E-state index contributed by atoms with van der Waals surface area (Å²) in [6.45, 7) is 2.31. The fourth-order valence-electron chi connectivity index (χ4n) is 4.07. The van der Waals surface area contributed by atoms with Gasteiger partial charge in [0.25, 0.3) is 0 Å². The van der Waals surface area contributed by atoms with Crippen molar-refractivity contribution in [2.24, 2.45) is 0 Å². The lowest BCUT2D eigenvalue weighted by molar-refractivity contribution is -0.137. The number of hydrogen-bond donors (Lipinski definition) is 1. The van der Waals surface area contributed by atoms with Crippen LogP contribution in [0.1, 0.15) is 34.4 Å². The number of thiophene rings is 1. The first-order valence-electron chi connectivity index (χ1n) is 11.3. The predicted octanol–water partition coefficient (Wildman–Crippen LogP) is 5.12. The minimum atomic E-state index is -4.39. The van der Waals surface area contributed by atoms with Gasteiger partial charge in [-0.15, -0.1) is 11.3 Å². The zero-order chi connectivity index (χ0) is 25.9. The van der Waals surface area contributed by atoms with Gasteiger partial charge < -0.3 is 10.1 Å². The highest BCUT2D eigenvalue weighted by Gasteiger charge is 2.40. The summed E-state index contributed by atoms with van der Waals surface area (Å²) in [5.74, 6) is 0.139. The molecular weight excluding hydrogens is 513 g/mol. The molecule has 1 amide bonds. The largest absolute Gasteiger partial charge is 0.489 e. The quantitative estimate of drug-likeness (QED) is 0.432. The topological polar surface area (TPSA) is 75.7 Å². The van der Waals surface area contributed by atoms with Crippen molar-refractivity contribution < 1.29 is 31.1 Å². The summed E-state index contributed by atoms with van der Waals surface area (Å²) in [4.78, 5) is 13.8. The lowest BCUT2D eigenvalue weighted by Gasteiger charge is -2.23. The number of nitrogens with one attached hydrogen (secondary N) is 1. The van der Waals surface area contributed by atoms with Crippen molar-refractivity contribution in [3.63, 3.8) is 0 Å². The van der Waals surface area contributed by atoms with Gasteiger partial charge in [-0.2, -0.15) is 17.5 Å². The Kier molecular flexibility index (Phi) is 7.72. The Morgan fingerprint density at radius 3 is 2.56 bits per heavy atom. The van der Waals surface area contributed by atoms with Crippen molar-refractivity contribution in [1.29, 1.82) is 0 Å². The molecule has 2 aromatic carbocycles. The molecule has 2 heterocycles. The molecule has 6 nitrogen and oxygen atoms in total. The molecular formula is C25H25F3N2O4S2. The average molecular weight is 539 g/mol. The first kappa shape index (κ1) is 26.2. The Hall–Kier alpha value is -2.89. The summed E-state index contributed by atoms with van der Waals surface area (Å²) in [5, 5.41) is 4.54. The molecule has 0 aliphatic carbocycles. The molecule has 1 N–H and O–H groups in total. The fourth-order valence-corrected chi connectivity index (χ4v) is 6.97. The van der Waals surface area contributed by atoms with E-state index < -0.39 is 27.8 Å². The minimum absolute atomic E-state index is 0.0881. The maximum Gasteiger partial charge on any atom is 0.416 e. The molecule has 0 radical (unpaired) electrons. The maximum absolute atomic E-state index is 13.1. The van der Waals surface area contributed by atoms with Crippen LogP contribution in [-0.2, 0) is 34.1 Å². The second-order valence-corrected chi connectivity index (χ2v) is 11.4. The Balaban J connectivity index is 1.35. The number of carbonyl (C=O) groups is 1. The minimum Gasteiger partial charge on any atom is -0.489 e. The van der Waals surface area contributed by atoms with Crippen molar-refractivity contribution in [2.75, 3.05) is 6.54 Å². The van der Waals surface area contributed by atoms with Crippen LogP contribution in [0.4, 0.5) is 13.2 Å². The van der Waals surface area contributed by atoms with E-state index in [-0.39, 0.29) is 24.0 Å². The zero-order valence-corrected chi connectivity index (χ0v) is 21.0. The molecule has 1 aromatic heterocycles. The van der Waals surface area contributed by atoms with E-state index in [1.54, 1.807) is 42.6 Å². The molecule has 1 aliphatic rings. The summed E-state index contributed by atoms with van der Waals surface area (Å²) >= 11 is 1.35. The second kappa shape index (κ2) is 10.6. The third-order valence-corrected chi connectivity index (χ3v) is 8.98. The van der Waals surface area contributed by atoms with Gasteiger partial charge in [0.1, 0.15) is 18.4 Å². The van der Waals surface area contributed by atoms with E-state index in [4.69, 9.17) is 4.74 Å². The van der Waals surface area contributed by atoms with Crippen LogP contribution in [0.2, 0.25) is 0 Å². The maximum atomic E-state index is 13.1. The smallest absolute Gasteiger partial charge is 0.416 e. The van der Waals surface area contributed by atoms with E-state index in [2.05, 4.69) is 5.32 Å². The SMILES string of the molecule is Cc1sccc1S(=O)(=O)N1CCC[C@H]1C(=O)NCc1cccc(OCc2ccc(C(F)(F)F)cc2)c1. The lowest BCUT2D eigenvalue weighted by atomic mass is 10.1. The molecule has 0 saturated carbocycles. The van der Waals surface area contributed by atoms with Crippen molar-refractivity contribution in [3.8, 4) is 5.75 Å². The van der Waals surface area contributed by atoms with Crippen LogP contribution in [0, 0.1) is 6.92 Å². The number of carbonyl (C=O) groups excluding carboxylic acids is 1. The second-order valence-electron chi connectivity index (χ2n) is 8.46. The molecule has 192 valence electrons. The van der Waals surface area contributed by atoms with Crippen LogP contribution in [-0.4, -0.2) is 31.2 Å². The number of sulfonamides is 1. The summed E-state index contributed by atoms with van der Waals surface area (Å²) in [6.07, 6.45) is -3.33. The van der Waals surface area contributed by atoms with E-state index >= 15 is 0 Å². The average Bonchev–Trinajstić information content (AvgIpc) is 3.51. The van der Waals surface area contributed by atoms with Crippen molar-refractivity contribution >= 4 is 27.3 Å². The Morgan fingerprint density at radius 1 is 1.14 bits per heavy atom. The highest BCUT2D eigenvalue weighted by Crippen LogP contribution is 2.31. The monoisotopic (exact) mass is 538 g/mol. The molecule has 3 aromatic rings. The number of nitrogens with zero attached hydrogens (tertiary/aromatic N) is 1. The number of amides is 1. The molecule has 0 spiro atoms. The van der Waals surface area contributed by atoms with Crippen LogP contribution in [0.15, 0.2) is 64.9 Å². The van der Waals surface area contributed by atoms with Crippen molar-refractivity contribution in [1.82, 2.24) is 9.62 Å². The summed E-state index contributed by atoms with van der Waals surface area (Å²) in [6, 6.07) is 12.5. The number of benzene rings is 2. The first-order chi connectivity index (χ1) is 17.1. The van der Waals surface area contributed by atoms with Gasteiger partial charge in [0.15, 0.2) is 0 Å². The van der Waals surface area contributed by atoms with Gasteiger partial charge in [-0.25, -0.2) is 8.42 Å². The molecule has 11 heteroatoms. The molecule has 0 bridgehead atoms. The van der Waals surface area contributed by atoms with Crippen molar-refractivity contribution in [3.05, 3.63) is 81.5 Å². The predicted molar refractivity (Wildman–Crippen MR) is 130 cm³/mol. The Morgan fingerprint density at radius 2 is 1.89 bits per heavy atom. The summed E-state index contributed by atoms with van der Waals surface area (Å²) in [5.41, 5.74) is 0.613. The van der Waals surface area contributed by atoms with Gasteiger partial charge in [-0.1, -0.05) is 24.3 Å². The van der Waals surface area contributed by atoms with E-state index in [1.807, 2.05) is 0 Å². The number of ether oxygens (including phenoxy) is 1. The first-order valence-corrected chi connectivity index (χ1v) is 13.6. The number of alkyl halides is 3.